The second-order valence-corrected chi connectivity index (χ2v) is 10.6. The fraction of sp³-hybridized carbons (Fsp3) is 0.536. The normalized spacial score (nSPS) is 17.1. The standard InChI is InChI=1S/C28H38N6O4/c1-19(2)13-25(36)28(38)34-11-8-22(9-12-34)32-26-14-24(30-18-31-26)27(37)29-15-23(35)17-33-10-7-20-5-3-4-6-21(20)16-33/h3-6,14,18-19,22-23,35H,7-13,15-17H2,1-2H3,(H,29,37)(H,30,31,32). The first-order chi connectivity index (χ1) is 18.3. The van der Waals surface area contributed by atoms with Crippen molar-refractivity contribution in [3.63, 3.8) is 0 Å². The van der Waals surface area contributed by atoms with E-state index in [0.29, 0.717) is 38.3 Å². The molecule has 0 aliphatic carbocycles. The van der Waals surface area contributed by atoms with Gasteiger partial charge in [-0.1, -0.05) is 38.1 Å². The third-order valence-electron chi connectivity index (χ3n) is 7.04. The minimum Gasteiger partial charge on any atom is -0.390 e. The lowest BCUT2D eigenvalue weighted by molar-refractivity contribution is -0.145. The molecule has 3 N–H and O–H groups in total. The summed E-state index contributed by atoms with van der Waals surface area (Å²) in [5.41, 5.74) is 2.86. The lowest BCUT2D eigenvalue weighted by atomic mass is 10.00. The minimum absolute atomic E-state index is 0.0709. The first-order valence-electron chi connectivity index (χ1n) is 13.4. The topological polar surface area (TPSA) is 128 Å². The van der Waals surface area contributed by atoms with E-state index in [1.807, 2.05) is 19.9 Å². The van der Waals surface area contributed by atoms with Crippen molar-refractivity contribution in [2.45, 2.75) is 58.2 Å². The van der Waals surface area contributed by atoms with Gasteiger partial charge in [-0.2, -0.15) is 0 Å². The van der Waals surface area contributed by atoms with Crippen LogP contribution in [-0.4, -0.2) is 87.3 Å². The quantitative estimate of drug-likeness (QED) is 0.402. The Morgan fingerprint density at radius 3 is 2.55 bits per heavy atom. The number of Topliss-reactive ketones (excluding diaryl/α,β-unsaturated/α-hetero) is 1. The fourth-order valence-electron chi connectivity index (χ4n) is 5.00. The summed E-state index contributed by atoms with van der Waals surface area (Å²) in [6.45, 7) is 7.14. The highest BCUT2D eigenvalue weighted by Gasteiger charge is 2.27. The lowest BCUT2D eigenvalue weighted by Crippen LogP contribution is -2.45. The number of ketones is 1. The van der Waals surface area contributed by atoms with E-state index in [2.05, 4.69) is 43.7 Å². The van der Waals surface area contributed by atoms with E-state index in [1.165, 1.54) is 17.5 Å². The van der Waals surface area contributed by atoms with Crippen LogP contribution in [0.15, 0.2) is 36.7 Å². The van der Waals surface area contributed by atoms with Gasteiger partial charge in [-0.25, -0.2) is 9.97 Å². The Hall–Kier alpha value is -3.37. The minimum atomic E-state index is -0.691. The van der Waals surface area contributed by atoms with Crippen LogP contribution in [0.25, 0.3) is 0 Å². The number of fused-ring (bicyclic) bond motifs is 1. The summed E-state index contributed by atoms with van der Waals surface area (Å²) in [6, 6.07) is 10.0. The van der Waals surface area contributed by atoms with Gasteiger partial charge < -0.3 is 20.6 Å². The number of nitrogens with zero attached hydrogens (tertiary/aromatic N) is 4. The van der Waals surface area contributed by atoms with E-state index >= 15 is 0 Å². The third-order valence-corrected chi connectivity index (χ3v) is 7.04. The van der Waals surface area contributed by atoms with Crippen LogP contribution in [0.2, 0.25) is 0 Å². The molecule has 1 unspecified atom stereocenters. The molecule has 1 saturated heterocycles. The van der Waals surface area contributed by atoms with Crippen LogP contribution in [0.4, 0.5) is 5.82 Å². The number of hydrogen-bond acceptors (Lipinski definition) is 8. The Morgan fingerprint density at radius 1 is 1.08 bits per heavy atom. The number of aliphatic hydroxyl groups is 1. The van der Waals surface area contributed by atoms with E-state index in [9.17, 15) is 19.5 Å². The second kappa shape index (κ2) is 12.9. The molecule has 10 heteroatoms. The number of β-amino-alcohol motifs (C(OH)–C–C–N with tert-alkyl or cyclic N) is 1. The van der Waals surface area contributed by atoms with Gasteiger partial charge in [0.1, 0.15) is 17.8 Å². The maximum absolute atomic E-state index is 12.7. The van der Waals surface area contributed by atoms with E-state index < -0.39 is 12.0 Å². The number of benzene rings is 1. The van der Waals surface area contributed by atoms with Crippen molar-refractivity contribution in [1.82, 2.24) is 25.1 Å². The molecule has 0 saturated carbocycles. The van der Waals surface area contributed by atoms with Crippen molar-refractivity contribution in [2.75, 3.05) is 38.0 Å². The van der Waals surface area contributed by atoms with Gasteiger partial charge in [0, 0.05) is 57.8 Å². The van der Waals surface area contributed by atoms with Gasteiger partial charge in [-0.05, 0) is 36.3 Å². The summed E-state index contributed by atoms with van der Waals surface area (Å²) in [5, 5.41) is 16.6. The first-order valence-corrected chi connectivity index (χ1v) is 13.4. The van der Waals surface area contributed by atoms with Gasteiger partial charge in [0.25, 0.3) is 11.8 Å². The van der Waals surface area contributed by atoms with Crippen molar-refractivity contribution in [3.8, 4) is 0 Å². The molecule has 1 atom stereocenters. The highest BCUT2D eigenvalue weighted by Crippen LogP contribution is 2.19. The Morgan fingerprint density at radius 2 is 1.82 bits per heavy atom. The summed E-state index contributed by atoms with van der Waals surface area (Å²) in [4.78, 5) is 49.3. The molecule has 2 amide bonds. The number of carbonyl (C=O) groups is 3. The van der Waals surface area contributed by atoms with Gasteiger partial charge in [-0.15, -0.1) is 0 Å². The summed E-state index contributed by atoms with van der Waals surface area (Å²) >= 11 is 0. The molecule has 10 nitrogen and oxygen atoms in total. The maximum Gasteiger partial charge on any atom is 0.289 e. The van der Waals surface area contributed by atoms with Crippen molar-refractivity contribution in [2.24, 2.45) is 5.92 Å². The molecular formula is C28H38N6O4. The van der Waals surface area contributed by atoms with E-state index in [4.69, 9.17) is 0 Å². The van der Waals surface area contributed by atoms with Crippen molar-refractivity contribution in [3.05, 3.63) is 53.5 Å². The number of hydrogen-bond donors (Lipinski definition) is 3. The Kier molecular flexibility index (Phi) is 9.41. The Labute approximate surface area is 223 Å². The monoisotopic (exact) mass is 522 g/mol. The number of amides is 2. The van der Waals surface area contributed by atoms with Crippen molar-refractivity contribution < 1.29 is 19.5 Å². The molecule has 0 bridgehead atoms. The molecule has 1 aromatic heterocycles. The molecule has 4 rings (SSSR count). The number of carbonyl (C=O) groups excluding carboxylic acids is 3. The van der Waals surface area contributed by atoms with Crippen molar-refractivity contribution in [1.29, 1.82) is 0 Å². The second-order valence-electron chi connectivity index (χ2n) is 10.6. The van der Waals surface area contributed by atoms with Crippen LogP contribution in [0.5, 0.6) is 0 Å². The molecule has 3 heterocycles. The molecule has 38 heavy (non-hydrogen) atoms. The summed E-state index contributed by atoms with van der Waals surface area (Å²) < 4.78 is 0. The number of nitrogens with one attached hydrogen (secondary N) is 2. The average molecular weight is 523 g/mol. The molecule has 2 aliphatic rings. The van der Waals surface area contributed by atoms with Crippen LogP contribution in [0, 0.1) is 5.92 Å². The van der Waals surface area contributed by atoms with Gasteiger partial charge in [0.2, 0.25) is 5.78 Å². The average Bonchev–Trinajstić information content (AvgIpc) is 2.91. The SMILES string of the molecule is CC(C)CC(=O)C(=O)N1CCC(Nc2cc(C(=O)NCC(O)CN3CCc4ccccc4C3)ncn2)CC1. The molecule has 204 valence electrons. The predicted molar refractivity (Wildman–Crippen MR) is 143 cm³/mol. The van der Waals surface area contributed by atoms with Gasteiger partial charge in [0.15, 0.2) is 0 Å². The van der Waals surface area contributed by atoms with E-state index in [0.717, 1.165) is 19.5 Å². The maximum atomic E-state index is 12.7. The number of likely N-dealkylation sites (tertiary alicyclic amines) is 1. The molecule has 0 spiro atoms. The zero-order valence-corrected chi connectivity index (χ0v) is 22.2. The Balaban J connectivity index is 1.21. The van der Waals surface area contributed by atoms with Crippen LogP contribution in [-0.2, 0) is 22.6 Å². The largest absolute Gasteiger partial charge is 0.390 e. The summed E-state index contributed by atoms with van der Waals surface area (Å²) in [5.74, 6) is -0.415. The molecule has 2 aliphatic heterocycles. The van der Waals surface area contributed by atoms with Crippen LogP contribution >= 0.6 is 0 Å². The van der Waals surface area contributed by atoms with Crippen molar-refractivity contribution >= 4 is 23.4 Å². The first kappa shape index (κ1) is 27.7. The molecular weight excluding hydrogens is 484 g/mol. The zero-order valence-electron chi connectivity index (χ0n) is 22.2. The molecule has 2 aromatic rings. The van der Waals surface area contributed by atoms with Crippen LogP contribution in [0.1, 0.15) is 54.7 Å². The van der Waals surface area contributed by atoms with Gasteiger partial charge in [0.05, 0.1) is 6.10 Å². The van der Waals surface area contributed by atoms with E-state index in [1.54, 1.807) is 11.0 Å². The number of rotatable bonds is 10. The number of aliphatic hydroxyl groups excluding tert-OH is 1. The highest BCUT2D eigenvalue weighted by molar-refractivity contribution is 6.36. The predicted octanol–water partition coefficient (Wildman–Crippen LogP) is 1.64. The van der Waals surface area contributed by atoms with Gasteiger partial charge >= 0.3 is 0 Å². The highest BCUT2D eigenvalue weighted by atomic mass is 16.3. The van der Waals surface area contributed by atoms with Crippen LogP contribution in [0.3, 0.4) is 0 Å². The number of anilines is 1. The van der Waals surface area contributed by atoms with Gasteiger partial charge in [-0.3, -0.25) is 19.3 Å². The molecule has 0 radical (unpaired) electrons. The smallest absolute Gasteiger partial charge is 0.289 e. The number of piperidine rings is 1. The lowest BCUT2D eigenvalue weighted by Gasteiger charge is -2.32. The fourth-order valence-corrected chi connectivity index (χ4v) is 5.00. The van der Waals surface area contributed by atoms with E-state index in [-0.39, 0.29) is 42.3 Å². The third kappa shape index (κ3) is 7.58. The summed E-state index contributed by atoms with van der Waals surface area (Å²) in [7, 11) is 0. The summed E-state index contributed by atoms with van der Waals surface area (Å²) in [6.07, 6.45) is 3.23. The van der Waals surface area contributed by atoms with Crippen LogP contribution < -0.4 is 10.6 Å². The molecule has 1 fully saturated rings. The number of aromatic nitrogens is 2. The molecule has 1 aromatic carbocycles. The Bertz CT molecular complexity index is 1130. The zero-order chi connectivity index (χ0) is 27.1.